The number of fused-ring (bicyclic) bond motifs is 1. The number of hydrogen-bond acceptors (Lipinski definition) is 6. The number of nitro benzene ring substituents is 1. The molecule has 3 heterocycles. The zero-order valence-electron chi connectivity index (χ0n) is 18.9. The molecular formula is C26H19N3O4S3. The SMILES string of the molecule is Cc1c(Sc2ccc([N+](=O)[O-])cc2)c2ccccn2c1C(=NS(=O)(=O)c1cccs1)c1ccccc1. The number of sulfonamides is 1. The second-order valence-electron chi connectivity index (χ2n) is 7.82. The van der Waals surface area contributed by atoms with E-state index >= 15 is 0 Å². The van der Waals surface area contributed by atoms with E-state index < -0.39 is 14.9 Å². The molecule has 0 atom stereocenters. The van der Waals surface area contributed by atoms with Crippen LogP contribution in [0.15, 0.2) is 115 Å². The molecule has 180 valence electrons. The highest BCUT2D eigenvalue weighted by molar-refractivity contribution is 7.99. The van der Waals surface area contributed by atoms with Crippen LogP contribution >= 0.6 is 23.1 Å². The van der Waals surface area contributed by atoms with Gasteiger partial charge in [0, 0.05) is 33.7 Å². The summed E-state index contributed by atoms with van der Waals surface area (Å²) in [5.74, 6) is 0. The molecule has 5 rings (SSSR count). The summed E-state index contributed by atoms with van der Waals surface area (Å²) < 4.78 is 32.9. The van der Waals surface area contributed by atoms with Crippen molar-refractivity contribution < 1.29 is 13.3 Å². The Labute approximate surface area is 216 Å². The highest BCUT2D eigenvalue weighted by atomic mass is 32.2. The maximum atomic E-state index is 13.2. The average Bonchev–Trinajstić information content (AvgIpc) is 3.52. The summed E-state index contributed by atoms with van der Waals surface area (Å²) in [5, 5.41) is 12.8. The highest BCUT2D eigenvalue weighted by Crippen LogP contribution is 2.38. The molecule has 0 unspecified atom stereocenters. The van der Waals surface area contributed by atoms with Gasteiger partial charge in [0.25, 0.3) is 15.7 Å². The van der Waals surface area contributed by atoms with Crippen molar-refractivity contribution in [2.24, 2.45) is 4.40 Å². The van der Waals surface area contributed by atoms with Crippen LogP contribution in [0.25, 0.3) is 5.52 Å². The number of pyridine rings is 1. The number of nitrogens with zero attached hydrogens (tertiary/aromatic N) is 3. The molecule has 10 heteroatoms. The van der Waals surface area contributed by atoms with Gasteiger partial charge in [-0.3, -0.25) is 10.1 Å². The predicted octanol–water partition coefficient (Wildman–Crippen LogP) is 6.59. The van der Waals surface area contributed by atoms with E-state index in [0.29, 0.717) is 17.0 Å². The lowest BCUT2D eigenvalue weighted by molar-refractivity contribution is -0.384. The summed E-state index contributed by atoms with van der Waals surface area (Å²) in [5.41, 5.74) is 3.45. The van der Waals surface area contributed by atoms with Crippen LogP contribution in [0.2, 0.25) is 0 Å². The topological polar surface area (TPSA) is 94.0 Å². The Morgan fingerprint density at radius 2 is 1.69 bits per heavy atom. The van der Waals surface area contributed by atoms with E-state index in [0.717, 1.165) is 32.2 Å². The summed E-state index contributed by atoms with van der Waals surface area (Å²) >= 11 is 2.59. The van der Waals surface area contributed by atoms with Crippen molar-refractivity contribution in [1.82, 2.24) is 4.40 Å². The van der Waals surface area contributed by atoms with E-state index in [1.807, 2.05) is 66.1 Å². The molecule has 2 aromatic carbocycles. The molecule has 0 fully saturated rings. The monoisotopic (exact) mass is 533 g/mol. The van der Waals surface area contributed by atoms with Crippen molar-refractivity contribution in [3.8, 4) is 0 Å². The molecule has 7 nitrogen and oxygen atoms in total. The molecule has 0 radical (unpaired) electrons. The summed E-state index contributed by atoms with van der Waals surface area (Å²) in [7, 11) is -3.94. The van der Waals surface area contributed by atoms with Gasteiger partial charge in [-0.25, -0.2) is 0 Å². The van der Waals surface area contributed by atoms with Crippen LogP contribution in [0.5, 0.6) is 0 Å². The van der Waals surface area contributed by atoms with Crippen LogP contribution in [0.4, 0.5) is 5.69 Å². The third kappa shape index (κ3) is 4.58. The van der Waals surface area contributed by atoms with Gasteiger partial charge in [0.15, 0.2) is 0 Å². The van der Waals surface area contributed by atoms with Crippen LogP contribution in [-0.4, -0.2) is 23.5 Å². The zero-order chi connectivity index (χ0) is 25.3. The Morgan fingerprint density at radius 3 is 2.36 bits per heavy atom. The van der Waals surface area contributed by atoms with Crippen molar-refractivity contribution in [2.45, 2.75) is 20.9 Å². The molecular weight excluding hydrogens is 515 g/mol. The molecule has 0 amide bonds. The van der Waals surface area contributed by atoms with Gasteiger partial charge >= 0.3 is 0 Å². The van der Waals surface area contributed by atoms with Crippen LogP contribution in [0, 0.1) is 17.0 Å². The Kier molecular flexibility index (Phi) is 6.48. The van der Waals surface area contributed by atoms with Crippen molar-refractivity contribution >= 4 is 50.0 Å². The van der Waals surface area contributed by atoms with Gasteiger partial charge in [0.05, 0.1) is 16.1 Å². The van der Waals surface area contributed by atoms with Crippen LogP contribution < -0.4 is 0 Å². The smallest absolute Gasteiger partial charge is 0.292 e. The number of non-ortho nitro benzene ring substituents is 1. The van der Waals surface area contributed by atoms with Crippen molar-refractivity contribution in [3.63, 3.8) is 0 Å². The molecule has 0 saturated carbocycles. The molecule has 36 heavy (non-hydrogen) atoms. The molecule has 0 N–H and O–H groups in total. The molecule has 0 aliphatic rings. The number of thiophene rings is 1. The molecule has 0 bridgehead atoms. The molecule has 3 aromatic heterocycles. The van der Waals surface area contributed by atoms with E-state index in [4.69, 9.17) is 0 Å². The van der Waals surface area contributed by atoms with Gasteiger partial charge in [-0.05, 0) is 48.2 Å². The quantitative estimate of drug-likeness (QED) is 0.134. The summed E-state index contributed by atoms with van der Waals surface area (Å²) in [6.45, 7) is 1.94. The van der Waals surface area contributed by atoms with Gasteiger partial charge in [-0.1, -0.05) is 54.2 Å². The van der Waals surface area contributed by atoms with Crippen LogP contribution in [0.1, 0.15) is 16.8 Å². The molecule has 0 spiro atoms. The third-order valence-electron chi connectivity index (χ3n) is 5.53. The van der Waals surface area contributed by atoms with E-state index in [9.17, 15) is 18.5 Å². The maximum Gasteiger partial charge on any atom is 0.292 e. The van der Waals surface area contributed by atoms with Gasteiger partial charge in [-0.15, -0.1) is 11.3 Å². The fourth-order valence-electron chi connectivity index (χ4n) is 3.88. The lowest BCUT2D eigenvalue weighted by atomic mass is 10.1. The first-order chi connectivity index (χ1) is 17.3. The number of aromatic nitrogens is 1. The molecule has 0 saturated heterocycles. The lowest BCUT2D eigenvalue weighted by Crippen LogP contribution is -2.11. The molecule has 0 aliphatic heterocycles. The molecule has 0 aliphatic carbocycles. The van der Waals surface area contributed by atoms with E-state index in [1.54, 1.807) is 29.6 Å². The first-order valence-corrected chi connectivity index (χ1v) is 13.9. The maximum absolute atomic E-state index is 13.2. The van der Waals surface area contributed by atoms with Gasteiger partial charge < -0.3 is 4.40 Å². The Balaban J connectivity index is 1.71. The van der Waals surface area contributed by atoms with Crippen LogP contribution in [-0.2, 0) is 10.0 Å². The number of rotatable bonds is 7. The minimum absolute atomic E-state index is 0.0239. The first kappa shape index (κ1) is 24.0. The molecule has 5 aromatic rings. The van der Waals surface area contributed by atoms with E-state index in [2.05, 4.69) is 4.40 Å². The van der Waals surface area contributed by atoms with Crippen molar-refractivity contribution in [3.05, 3.63) is 123 Å². The first-order valence-electron chi connectivity index (χ1n) is 10.8. The van der Waals surface area contributed by atoms with Crippen molar-refractivity contribution in [2.75, 3.05) is 0 Å². The lowest BCUT2D eigenvalue weighted by Gasteiger charge is -2.10. The minimum Gasteiger partial charge on any atom is -0.314 e. The number of benzene rings is 2. The average molecular weight is 534 g/mol. The fraction of sp³-hybridized carbons (Fsp3) is 0.0385. The summed E-state index contributed by atoms with van der Waals surface area (Å²) in [6, 6.07) is 24.6. The van der Waals surface area contributed by atoms with E-state index in [-0.39, 0.29) is 9.90 Å². The standard InChI is InChI=1S/C26H19N3O4S3/c1-18-25(24(19-8-3-2-4-9-19)27-36(32,33)23-11-7-17-34-23)28-16-6-5-10-22(28)26(18)35-21-14-12-20(13-15-21)29(30)31/h2-17H,1H3. The largest absolute Gasteiger partial charge is 0.314 e. The van der Waals surface area contributed by atoms with Gasteiger partial charge in [-0.2, -0.15) is 12.8 Å². The van der Waals surface area contributed by atoms with Gasteiger partial charge in [0.2, 0.25) is 0 Å². The Bertz CT molecular complexity index is 1690. The summed E-state index contributed by atoms with van der Waals surface area (Å²) in [4.78, 5) is 12.4. The minimum atomic E-state index is -3.94. The summed E-state index contributed by atoms with van der Waals surface area (Å²) in [6.07, 6.45) is 1.88. The van der Waals surface area contributed by atoms with E-state index in [1.165, 1.54) is 23.9 Å². The third-order valence-corrected chi connectivity index (χ3v) is 9.41. The van der Waals surface area contributed by atoms with Crippen LogP contribution in [0.3, 0.4) is 0 Å². The number of hydrogen-bond donors (Lipinski definition) is 0. The number of nitro groups is 1. The Morgan fingerprint density at radius 1 is 0.972 bits per heavy atom. The predicted molar refractivity (Wildman–Crippen MR) is 143 cm³/mol. The zero-order valence-corrected chi connectivity index (χ0v) is 21.4. The Hall–Kier alpha value is -3.73. The normalized spacial score (nSPS) is 12.2. The van der Waals surface area contributed by atoms with Crippen molar-refractivity contribution in [1.29, 1.82) is 0 Å². The fourth-order valence-corrected chi connectivity index (χ4v) is 6.90. The second-order valence-corrected chi connectivity index (χ2v) is 11.7. The second kappa shape index (κ2) is 9.73. The highest BCUT2D eigenvalue weighted by Gasteiger charge is 2.24. The van der Waals surface area contributed by atoms with Gasteiger partial charge in [0.1, 0.15) is 9.92 Å².